The highest BCUT2D eigenvalue weighted by Gasteiger charge is 2.56. The van der Waals surface area contributed by atoms with Gasteiger partial charge >= 0.3 is 4.87 Å². The summed E-state index contributed by atoms with van der Waals surface area (Å²) in [4.78, 5) is 55.0. The van der Waals surface area contributed by atoms with Crippen LogP contribution in [0.5, 0.6) is 0 Å². The number of rotatable bonds is 5. The topological polar surface area (TPSA) is 88.5 Å². The molecule has 1 saturated heterocycles. The summed E-state index contributed by atoms with van der Waals surface area (Å²) in [5.41, 5.74) is 1.56. The Labute approximate surface area is 249 Å². The van der Waals surface area contributed by atoms with Gasteiger partial charge < -0.3 is 5.32 Å². The lowest BCUT2D eigenvalue weighted by atomic mass is 9.83. The number of carbonyl (C=O) groups excluding carboxylic acids is 3. The van der Waals surface area contributed by atoms with Crippen molar-refractivity contribution in [2.24, 2.45) is 5.92 Å². The molecule has 2 aliphatic rings. The van der Waals surface area contributed by atoms with Gasteiger partial charge in [0.2, 0.25) is 17.7 Å². The molecule has 0 bridgehead atoms. The molecule has 1 fully saturated rings. The molecule has 3 heterocycles. The van der Waals surface area contributed by atoms with Crippen LogP contribution in [0.25, 0.3) is 0 Å². The van der Waals surface area contributed by atoms with Crippen molar-refractivity contribution in [1.82, 2.24) is 4.57 Å². The fourth-order valence-electron chi connectivity index (χ4n) is 5.01. The van der Waals surface area contributed by atoms with E-state index in [1.807, 2.05) is 0 Å². The van der Waals surface area contributed by atoms with Crippen molar-refractivity contribution < 1.29 is 18.8 Å². The van der Waals surface area contributed by atoms with Gasteiger partial charge in [0.1, 0.15) is 17.6 Å². The van der Waals surface area contributed by atoms with Gasteiger partial charge in [0.25, 0.3) is 0 Å². The van der Waals surface area contributed by atoms with Crippen LogP contribution in [-0.2, 0) is 20.9 Å². The number of halogens is 3. The van der Waals surface area contributed by atoms with Gasteiger partial charge in [0.05, 0.1) is 16.6 Å². The first-order valence-corrected chi connectivity index (χ1v) is 14.9. The molecule has 0 radical (unpaired) electrons. The number of hydrogen-bond acceptors (Lipinski definition) is 6. The summed E-state index contributed by atoms with van der Waals surface area (Å²) in [7, 11) is 0. The maximum Gasteiger partial charge on any atom is 0.308 e. The first kappa shape index (κ1) is 26.9. The van der Waals surface area contributed by atoms with E-state index in [1.54, 1.807) is 60.7 Å². The molecule has 40 heavy (non-hydrogen) atoms. The van der Waals surface area contributed by atoms with Gasteiger partial charge in [-0.2, -0.15) is 0 Å². The lowest BCUT2D eigenvalue weighted by molar-refractivity contribution is -0.122. The van der Waals surface area contributed by atoms with Crippen LogP contribution in [0.4, 0.5) is 15.8 Å². The average Bonchev–Trinajstić information content (AvgIpc) is 3.37. The smallest absolute Gasteiger partial charge is 0.308 e. The second-order valence-electron chi connectivity index (χ2n) is 9.26. The van der Waals surface area contributed by atoms with E-state index in [9.17, 15) is 23.6 Å². The zero-order chi connectivity index (χ0) is 28.1. The lowest BCUT2D eigenvalue weighted by Crippen LogP contribution is -2.33. The van der Waals surface area contributed by atoms with E-state index < -0.39 is 40.6 Å². The summed E-state index contributed by atoms with van der Waals surface area (Å²) in [6, 6.07) is 19.1. The first-order chi connectivity index (χ1) is 19.2. The molecule has 0 spiro atoms. The maximum atomic E-state index is 13.8. The highest BCUT2D eigenvalue weighted by Crippen LogP contribution is 2.53. The number of aromatic nitrogens is 1. The number of amides is 3. The molecule has 1 N–H and O–H groups in total. The van der Waals surface area contributed by atoms with Crippen LogP contribution in [0.1, 0.15) is 16.4 Å². The van der Waals surface area contributed by atoms with Gasteiger partial charge in [-0.1, -0.05) is 62.8 Å². The third-order valence-electron chi connectivity index (χ3n) is 6.79. The number of imide groups is 1. The molecule has 7 nitrogen and oxygen atoms in total. The molecule has 3 atom stereocenters. The van der Waals surface area contributed by atoms with Crippen molar-refractivity contribution in [1.29, 1.82) is 0 Å². The predicted molar refractivity (Wildman–Crippen MR) is 157 cm³/mol. The number of thiazole rings is 1. The van der Waals surface area contributed by atoms with Crippen LogP contribution >= 0.6 is 50.6 Å². The fourth-order valence-corrected chi connectivity index (χ4v) is 8.17. The number of nitrogens with one attached hydrogen (secondary N) is 1. The Morgan fingerprint density at radius 1 is 0.950 bits per heavy atom. The number of nitrogens with zero attached hydrogens (tertiary/aromatic N) is 2. The standard InChI is InChI=1S/C28H18BrClFN3O4S2/c29-15-3-11-19(12-4-15)34-25(36)22-21(14-1-7-17(31)8-2-14)24-27(39-23(22)26(34)37)33(28(38)40-24)13-20(35)32-18-9-5-16(30)6-10-18/h1-12,21-23H,13H2,(H,32,35). The number of thioether (sulfide) groups is 1. The van der Waals surface area contributed by atoms with Crippen LogP contribution in [0, 0.1) is 11.7 Å². The first-order valence-electron chi connectivity index (χ1n) is 12.1. The monoisotopic (exact) mass is 657 g/mol. The van der Waals surface area contributed by atoms with Crippen molar-refractivity contribution in [2.75, 3.05) is 10.2 Å². The number of anilines is 2. The summed E-state index contributed by atoms with van der Waals surface area (Å²) in [5, 5.41) is 2.89. The van der Waals surface area contributed by atoms with Gasteiger partial charge in [-0.25, -0.2) is 9.29 Å². The molecule has 3 unspecified atom stereocenters. The fraction of sp³-hybridized carbons (Fsp3) is 0.143. The van der Waals surface area contributed by atoms with E-state index in [1.165, 1.54) is 21.6 Å². The summed E-state index contributed by atoms with van der Waals surface area (Å²) < 4.78 is 16.0. The van der Waals surface area contributed by atoms with Crippen molar-refractivity contribution >= 4 is 79.7 Å². The Balaban J connectivity index is 1.40. The number of benzene rings is 3. The Morgan fingerprint density at radius 2 is 1.62 bits per heavy atom. The van der Waals surface area contributed by atoms with Gasteiger partial charge in [-0.05, 0) is 66.2 Å². The summed E-state index contributed by atoms with van der Waals surface area (Å²) in [6.07, 6.45) is 0. The van der Waals surface area contributed by atoms with E-state index in [2.05, 4.69) is 21.2 Å². The lowest BCUT2D eigenvalue weighted by Gasteiger charge is -2.30. The Bertz CT molecular complexity index is 1710. The van der Waals surface area contributed by atoms with Crippen molar-refractivity contribution in [3.8, 4) is 0 Å². The van der Waals surface area contributed by atoms with E-state index in [4.69, 9.17) is 11.6 Å². The normalized spacial score (nSPS) is 19.9. The molecule has 3 amide bonds. The maximum absolute atomic E-state index is 13.8. The zero-order valence-electron chi connectivity index (χ0n) is 20.3. The SMILES string of the molecule is O=C(Cn1c2c(sc1=O)C(c1ccc(F)cc1)C1C(=O)N(c3ccc(Br)cc3)C(=O)C1S2)Nc1ccc(Cl)cc1. The molecule has 202 valence electrons. The molecule has 0 saturated carbocycles. The van der Waals surface area contributed by atoms with Crippen LogP contribution in [-0.4, -0.2) is 27.5 Å². The quantitative estimate of drug-likeness (QED) is 0.270. The minimum absolute atomic E-state index is 0.285. The molecule has 0 aliphatic carbocycles. The zero-order valence-corrected chi connectivity index (χ0v) is 24.3. The van der Waals surface area contributed by atoms with E-state index >= 15 is 0 Å². The van der Waals surface area contributed by atoms with Gasteiger partial charge in [-0.15, -0.1) is 0 Å². The van der Waals surface area contributed by atoms with Crippen LogP contribution in [0.3, 0.4) is 0 Å². The highest BCUT2D eigenvalue weighted by atomic mass is 79.9. The van der Waals surface area contributed by atoms with Gasteiger partial charge in [0.15, 0.2) is 0 Å². The Hall–Kier alpha value is -3.25. The minimum atomic E-state index is -0.835. The largest absolute Gasteiger partial charge is 0.325 e. The molecule has 3 aromatic carbocycles. The molecular weight excluding hydrogens is 641 g/mol. The van der Waals surface area contributed by atoms with E-state index in [-0.39, 0.29) is 11.4 Å². The molecular formula is C28H18BrClFN3O4S2. The second kappa shape index (κ2) is 10.6. The second-order valence-corrected chi connectivity index (χ2v) is 12.7. The Kier molecular flexibility index (Phi) is 7.16. The summed E-state index contributed by atoms with van der Waals surface area (Å²) in [6.45, 7) is -0.285. The number of hydrogen-bond donors (Lipinski definition) is 1. The van der Waals surface area contributed by atoms with Crippen LogP contribution in [0.2, 0.25) is 5.02 Å². The summed E-state index contributed by atoms with van der Waals surface area (Å²) in [5.74, 6) is -3.16. The average molecular weight is 659 g/mol. The van der Waals surface area contributed by atoms with Gasteiger partial charge in [-0.3, -0.25) is 23.7 Å². The number of carbonyl (C=O) groups is 3. The van der Waals surface area contributed by atoms with Gasteiger partial charge in [0, 0.05) is 26.0 Å². The molecule has 1 aromatic heterocycles. The van der Waals surface area contributed by atoms with Crippen LogP contribution in [0.15, 0.2) is 87.1 Å². The molecule has 2 aliphatic heterocycles. The van der Waals surface area contributed by atoms with E-state index in [0.717, 1.165) is 27.6 Å². The Morgan fingerprint density at radius 3 is 2.30 bits per heavy atom. The predicted octanol–water partition coefficient (Wildman–Crippen LogP) is 5.90. The third kappa shape index (κ3) is 4.81. The van der Waals surface area contributed by atoms with Crippen LogP contribution < -0.4 is 15.1 Å². The minimum Gasteiger partial charge on any atom is -0.325 e. The summed E-state index contributed by atoms with van der Waals surface area (Å²) >= 11 is 11.3. The number of fused-ring (bicyclic) bond motifs is 2. The van der Waals surface area contributed by atoms with E-state index in [0.29, 0.717) is 31.9 Å². The molecule has 12 heteroatoms. The highest BCUT2D eigenvalue weighted by molar-refractivity contribution is 9.10. The van der Waals surface area contributed by atoms with Crippen molar-refractivity contribution in [2.45, 2.75) is 22.7 Å². The molecule has 6 rings (SSSR count). The molecule has 4 aromatic rings. The third-order valence-corrected chi connectivity index (χ3v) is 10.2. The van der Waals surface area contributed by atoms with Crippen molar-refractivity contribution in [3.05, 3.63) is 108 Å². The van der Waals surface area contributed by atoms with Crippen molar-refractivity contribution in [3.63, 3.8) is 0 Å².